The van der Waals surface area contributed by atoms with E-state index in [-0.39, 0.29) is 12.0 Å². The van der Waals surface area contributed by atoms with Crippen molar-refractivity contribution in [3.8, 4) is 17.2 Å². The van der Waals surface area contributed by atoms with E-state index in [9.17, 15) is 4.79 Å². The Balaban J connectivity index is 1.93. The van der Waals surface area contributed by atoms with E-state index in [0.29, 0.717) is 23.8 Å². The Hall–Kier alpha value is -2.69. The molecule has 0 spiro atoms. The second kappa shape index (κ2) is 9.13. The van der Waals surface area contributed by atoms with Crippen LogP contribution in [0.4, 0.5) is 0 Å². The molecule has 0 radical (unpaired) electrons. The second-order valence-electron chi connectivity index (χ2n) is 6.45. The lowest BCUT2D eigenvalue weighted by molar-refractivity contribution is -0.127. The summed E-state index contributed by atoms with van der Waals surface area (Å²) in [7, 11) is 1.60. The van der Waals surface area contributed by atoms with Crippen molar-refractivity contribution in [3.63, 3.8) is 0 Å². The molecule has 0 heterocycles. The minimum Gasteiger partial charge on any atom is -0.493 e. The molecule has 2 rings (SSSR count). The summed E-state index contributed by atoms with van der Waals surface area (Å²) in [6.45, 7) is 8.03. The molecule has 0 fully saturated rings. The predicted octanol–water partition coefficient (Wildman–Crippen LogP) is 3.87. The zero-order valence-electron chi connectivity index (χ0n) is 16.0. The van der Waals surface area contributed by atoms with Crippen LogP contribution in [0.25, 0.3) is 0 Å². The van der Waals surface area contributed by atoms with Gasteiger partial charge in [0.15, 0.2) is 17.6 Å². The van der Waals surface area contributed by atoms with Crippen molar-refractivity contribution in [2.75, 3.05) is 7.11 Å². The predicted molar refractivity (Wildman–Crippen MR) is 102 cm³/mol. The van der Waals surface area contributed by atoms with Crippen molar-refractivity contribution in [1.29, 1.82) is 0 Å². The summed E-state index contributed by atoms with van der Waals surface area (Å²) in [5, 5.41) is 2.88. The van der Waals surface area contributed by atoms with Crippen LogP contribution >= 0.6 is 0 Å². The van der Waals surface area contributed by atoms with E-state index in [1.54, 1.807) is 14.0 Å². The van der Waals surface area contributed by atoms with Gasteiger partial charge in [0.2, 0.25) is 0 Å². The van der Waals surface area contributed by atoms with Crippen molar-refractivity contribution >= 4 is 5.91 Å². The number of nitrogens with one attached hydrogen (secondary N) is 1. The van der Waals surface area contributed by atoms with Crippen LogP contribution in [-0.2, 0) is 11.3 Å². The molecule has 0 saturated carbocycles. The van der Waals surface area contributed by atoms with Gasteiger partial charge >= 0.3 is 0 Å². The molecule has 1 atom stereocenters. The van der Waals surface area contributed by atoms with Crippen LogP contribution in [0, 0.1) is 6.92 Å². The SMILES string of the molecule is COc1cc(CNC(=O)C(C)Oc2cccc(C)c2)ccc1OC(C)C. The van der Waals surface area contributed by atoms with Gasteiger partial charge in [-0.05, 0) is 63.1 Å². The molecular weight excluding hydrogens is 330 g/mol. The highest BCUT2D eigenvalue weighted by Gasteiger charge is 2.15. The Morgan fingerprint density at radius 3 is 2.46 bits per heavy atom. The fourth-order valence-corrected chi connectivity index (χ4v) is 2.45. The maximum atomic E-state index is 12.3. The normalized spacial score (nSPS) is 11.8. The average Bonchev–Trinajstić information content (AvgIpc) is 2.60. The fourth-order valence-electron chi connectivity index (χ4n) is 2.45. The third kappa shape index (κ3) is 5.69. The minimum atomic E-state index is -0.581. The van der Waals surface area contributed by atoms with E-state index in [0.717, 1.165) is 11.1 Å². The zero-order chi connectivity index (χ0) is 19.1. The summed E-state index contributed by atoms with van der Waals surface area (Å²) < 4.78 is 16.8. The van der Waals surface area contributed by atoms with E-state index in [1.807, 2.05) is 63.2 Å². The van der Waals surface area contributed by atoms with Crippen LogP contribution in [-0.4, -0.2) is 25.2 Å². The Morgan fingerprint density at radius 2 is 1.81 bits per heavy atom. The number of rotatable bonds is 8. The Kier molecular flexibility index (Phi) is 6.89. The highest BCUT2D eigenvalue weighted by Crippen LogP contribution is 2.29. The highest BCUT2D eigenvalue weighted by atomic mass is 16.5. The summed E-state index contributed by atoms with van der Waals surface area (Å²) in [5.74, 6) is 1.85. The third-order valence-electron chi connectivity index (χ3n) is 3.73. The molecule has 26 heavy (non-hydrogen) atoms. The largest absolute Gasteiger partial charge is 0.493 e. The topological polar surface area (TPSA) is 56.8 Å². The summed E-state index contributed by atoms with van der Waals surface area (Å²) in [6, 6.07) is 13.3. The number of carbonyl (C=O) groups is 1. The number of aryl methyl sites for hydroxylation is 1. The Morgan fingerprint density at radius 1 is 1.04 bits per heavy atom. The number of methoxy groups -OCH3 is 1. The molecule has 140 valence electrons. The van der Waals surface area contributed by atoms with Crippen molar-refractivity contribution < 1.29 is 19.0 Å². The van der Waals surface area contributed by atoms with Gasteiger partial charge in [0.25, 0.3) is 5.91 Å². The van der Waals surface area contributed by atoms with Crippen LogP contribution in [0.2, 0.25) is 0 Å². The molecule has 1 unspecified atom stereocenters. The van der Waals surface area contributed by atoms with Gasteiger partial charge in [-0.15, -0.1) is 0 Å². The van der Waals surface area contributed by atoms with Gasteiger partial charge in [-0.25, -0.2) is 0 Å². The number of benzene rings is 2. The first kappa shape index (κ1) is 19.6. The van der Waals surface area contributed by atoms with Crippen LogP contribution in [0.3, 0.4) is 0 Å². The van der Waals surface area contributed by atoms with Crippen molar-refractivity contribution in [3.05, 3.63) is 53.6 Å². The third-order valence-corrected chi connectivity index (χ3v) is 3.73. The average molecular weight is 357 g/mol. The van der Waals surface area contributed by atoms with E-state index in [2.05, 4.69) is 5.32 Å². The number of hydrogen-bond donors (Lipinski definition) is 1. The molecule has 1 amide bonds. The number of amides is 1. The Labute approximate surface area is 155 Å². The van der Waals surface area contributed by atoms with E-state index < -0.39 is 6.10 Å². The molecule has 2 aromatic rings. The molecule has 0 bridgehead atoms. The van der Waals surface area contributed by atoms with Crippen LogP contribution in [0.5, 0.6) is 17.2 Å². The molecule has 0 saturated heterocycles. The number of ether oxygens (including phenoxy) is 3. The highest BCUT2D eigenvalue weighted by molar-refractivity contribution is 5.80. The van der Waals surface area contributed by atoms with Gasteiger partial charge in [0, 0.05) is 6.54 Å². The van der Waals surface area contributed by atoms with Gasteiger partial charge in [-0.2, -0.15) is 0 Å². The molecule has 2 aromatic carbocycles. The molecule has 0 aliphatic rings. The lowest BCUT2D eigenvalue weighted by atomic mass is 10.2. The first-order chi connectivity index (χ1) is 12.4. The second-order valence-corrected chi connectivity index (χ2v) is 6.45. The molecule has 0 aliphatic carbocycles. The van der Waals surface area contributed by atoms with Crippen LogP contribution in [0.15, 0.2) is 42.5 Å². The van der Waals surface area contributed by atoms with E-state index >= 15 is 0 Å². The Bertz CT molecular complexity index is 743. The number of hydrogen-bond acceptors (Lipinski definition) is 4. The maximum Gasteiger partial charge on any atom is 0.261 e. The molecule has 5 nitrogen and oxygen atoms in total. The maximum absolute atomic E-state index is 12.3. The molecule has 1 N–H and O–H groups in total. The first-order valence-corrected chi connectivity index (χ1v) is 8.73. The lowest BCUT2D eigenvalue weighted by Gasteiger charge is -2.16. The molecular formula is C21H27NO4. The van der Waals surface area contributed by atoms with E-state index in [1.165, 1.54) is 0 Å². The fraction of sp³-hybridized carbons (Fsp3) is 0.381. The molecule has 0 aliphatic heterocycles. The van der Waals surface area contributed by atoms with Crippen molar-refractivity contribution in [2.45, 2.75) is 46.4 Å². The standard InChI is InChI=1S/C21H27NO4/c1-14(2)25-19-10-9-17(12-20(19)24-5)13-22-21(23)16(4)26-18-8-6-7-15(3)11-18/h6-12,14,16H,13H2,1-5H3,(H,22,23). The monoisotopic (exact) mass is 357 g/mol. The summed E-state index contributed by atoms with van der Waals surface area (Å²) in [5.41, 5.74) is 2.01. The lowest BCUT2D eigenvalue weighted by Crippen LogP contribution is -2.35. The smallest absolute Gasteiger partial charge is 0.261 e. The van der Waals surface area contributed by atoms with E-state index in [4.69, 9.17) is 14.2 Å². The van der Waals surface area contributed by atoms with Gasteiger partial charge in [0.1, 0.15) is 5.75 Å². The van der Waals surface area contributed by atoms with Crippen LogP contribution in [0.1, 0.15) is 31.9 Å². The summed E-state index contributed by atoms with van der Waals surface area (Å²) in [4.78, 5) is 12.3. The van der Waals surface area contributed by atoms with Crippen molar-refractivity contribution in [1.82, 2.24) is 5.32 Å². The molecule has 0 aromatic heterocycles. The van der Waals surface area contributed by atoms with Crippen LogP contribution < -0.4 is 19.5 Å². The van der Waals surface area contributed by atoms with Gasteiger partial charge in [0.05, 0.1) is 13.2 Å². The first-order valence-electron chi connectivity index (χ1n) is 8.73. The van der Waals surface area contributed by atoms with Gasteiger partial charge < -0.3 is 19.5 Å². The quantitative estimate of drug-likeness (QED) is 0.779. The summed E-state index contributed by atoms with van der Waals surface area (Å²) >= 11 is 0. The summed E-state index contributed by atoms with van der Waals surface area (Å²) in [6.07, 6.45) is -0.517. The van der Waals surface area contributed by atoms with Crippen molar-refractivity contribution in [2.24, 2.45) is 0 Å². The molecule has 5 heteroatoms. The van der Waals surface area contributed by atoms with Gasteiger partial charge in [-0.1, -0.05) is 18.2 Å². The number of carbonyl (C=O) groups excluding carboxylic acids is 1. The minimum absolute atomic E-state index is 0.0640. The zero-order valence-corrected chi connectivity index (χ0v) is 16.0. The van der Waals surface area contributed by atoms with Gasteiger partial charge in [-0.3, -0.25) is 4.79 Å².